The third-order valence-electron chi connectivity index (χ3n) is 5.51. The van der Waals surface area contributed by atoms with E-state index in [4.69, 9.17) is 12.2 Å². The fourth-order valence-electron chi connectivity index (χ4n) is 3.97. The highest BCUT2D eigenvalue weighted by Gasteiger charge is 2.31. The van der Waals surface area contributed by atoms with Gasteiger partial charge in [0.25, 0.3) is 11.5 Å². The quantitative estimate of drug-likeness (QED) is 0.538. The van der Waals surface area contributed by atoms with Crippen LogP contribution in [0.25, 0.3) is 6.08 Å². The minimum Gasteiger partial charge on any atom is -0.357 e. The normalized spacial score (nSPS) is 21.2. The average molecular weight is 431 g/mol. The van der Waals surface area contributed by atoms with Crippen LogP contribution in [0.4, 0.5) is 5.82 Å². The molecule has 1 amide bonds. The van der Waals surface area contributed by atoms with Crippen molar-refractivity contribution in [3.8, 4) is 6.07 Å². The van der Waals surface area contributed by atoms with Crippen molar-refractivity contribution in [2.45, 2.75) is 46.6 Å². The number of nitriles is 1. The van der Waals surface area contributed by atoms with E-state index >= 15 is 0 Å². The fraction of sp³-hybridized carbons (Fsp3) is 0.524. The van der Waals surface area contributed by atoms with E-state index < -0.39 is 0 Å². The van der Waals surface area contributed by atoms with E-state index in [1.807, 2.05) is 13.0 Å². The van der Waals surface area contributed by atoms with Gasteiger partial charge in [0.15, 0.2) is 0 Å². The third kappa shape index (κ3) is 3.99. The summed E-state index contributed by atoms with van der Waals surface area (Å²) in [5.41, 5.74) is 1.29. The summed E-state index contributed by atoms with van der Waals surface area (Å²) >= 11 is 6.52. The van der Waals surface area contributed by atoms with Crippen LogP contribution >= 0.6 is 24.0 Å². The average Bonchev–Trinajstić information content (AvgIpc) is 2.93. The lowest BCUT2D eigenvalue weighted by Crippen LogP contribution is -2.40. The zero-order valence-electron chi connectivity index (χ0n) is 17.3. The number of aromatic nitrogens is 1. The molecule has 2 aliphatic heterocycles. The summed E-state index contributed by atoms with van der Waals surface area (Å²) in [5, 5.41) is 9.66. The molecule has 154 valence electrons. The minimum atomic E-state index is -0.250. The second-order valence-electron chi connectivity index (χ2n) is 7.74. The number of pyridine rings is 1. The minimum absolute atomic E-state index is 0.144. The van der Waals surface area contributed by atoms with Crippen LogP contribution in [0.1, 0.15) is 49.8 Å². The zero-order valence-corrected chi connectivity index (χ0v) is 19.0. The molecule has 6 nitrogen and oxygen atoms in total. The Hall–Kier alpha value is -2.11. The molecular formula is C21H26N4O2S2. The molecule has 1 atom stereocenters. The summed E-state index contributed by atoms with van der Waals surface area (Å²) in [7, 11) is 1.66. The number of carbonyl (C=O) groups is 1. The number of amides is 1. The summed E-state index contributed by atoms with van der Waals surface area (Å²) in [6.07, 6.45) is 4.81. The highest BCUT2D eigenvalue weighted by atomic mass is 32.2. The lowest BCUT2D eigenvalue weighted by molar-refractivity contribution is -0.121. The van der Waals surface area contributed by atoms with Crippen molar-refractivity contribution in [1.82, 2.24) is 9.47 Å². The van der Waals surface area contributed by atoms with Gasteiger partial charge in [-0.2, -0.15) is 5.26 Å². The number of nitrogens with zero attached hydrogens (tertiary/aromatic N) is 4. The number of piperidine rings is 1. The van der Waals surface area contributed by atoms with Crippen molar-refractivity contribution in [3.63, 3.8) is 0 Å². The number of anilines is 1. The molecule has 8 heteroatoms. The maximum Gasteiger partial charge on any atom is 0.270 e. The maximum absolute atomic E-state index is 13.1. The number of thiocarbonyl (C=S) groups is 1. The van der Waals surface area contributed by atoms with Crippen LogP contribution in [0.2, 0.25) is 0 Å². The fourth-order valence-corrected chi connectivity index (χ4v) is 5.14. The summed E-state index contributed by atoms with van der Waals surface area (Å²) in [6.45, 7) is 8.27. The predicted molar refractivity (Wildman–Crippen MR) is 122 cm³/mol. The number of carbonyl (C=O) groups excluding carboxylic acids is 1. The van der Waals surface area contributed by atoms with Gasteiger partial charge in [-0.25, -0.2) is 0 Å². The summed E-state index contributed by atoms with van der Waals surface area (Å²) in [5.74, 6) is 1.19. The summed E-state index contributed by atoms with van der Waals surface area (Å²) < 4.78 is 2.23. The van der Waals surface area contributed by atoms with Crippen molar-refractivity contribution in [1.29, 1.82) is 5.26 Å². The lowest BCUT2D eigenvalue weighted by atomic mass is 9.98. The number of thioether (sulfide) groups is 1. The SMILES string of the molecule is CCCn1c(N2CCCC(C)C2)c(C=C2SC(=S)N(C)C2=O)c(C)c(C#N)c1=O. The highest BCUT2D eigenvalue weighted by Crippen LogP contribution is 2.36. The Morgan fingerprint density at radius 3 is 2.66 bits per heavy atom. The van der Waals surface area contributed by atoms with Crippen LogP contribution in [0, 0.1) is 24.2 Å². The van der Waals surface area contributed by atoms with Crippen LogP contribution in [-0.4, -0.2) is 39.8 Å². The van der Waals surface area contributed by atoms with Gasteiger partial charge in [-0.05, 0) is 43.7 Å². The van der Waals surface area contributed by atoms with E-state index in [1.165, 1.54) is 16.7 Å². The largest absolute Gasteiger partial charge is 0.357 e. The Kier molecular flexibility index (Phi) is 6.49. The van der Waals surface area contributed by atoms with Crippen molar-refractivity contribution in [3.05, 3.63) is 31.9 Å². The van der Waals surface area contributed by atoms with Crippen molar-refractivity contribution < 1.29 is 4.79 Å². The van der Waals surface area contributed by atoms with E-state index in [2.05, 4.69) is 17.9 Å². The molecule has 1 aromatic heterocycles. The van der Waals surface area contributed by atoms with E-state index in [-0.39, 0.29) is 17.0 Å². The van der Waals surface area contributed by atoms with Gasteiger partial charge in [0.05, 0.1) is 4.91 Å². The first-order valence-corrected chi connectivity index (χ1v) is 11.2. The molecule has 2 saturated heterocycles. The molecule has 0 spiro atoms. The predicted octanol–water partition coefficient (Wildman–Crippen LogP) is 3.51. The Bertz CT molecular complexity index is 990. The van der Waals surface area contributed by atoms with Gasteiger partial charge in [0, 0.05) is 32.2 Å². The number of hydrogen-bond acceptors (Lipinski definition) is 6. The number of likely N-dealkylation sites (N-methyl/N-ethyl adjacent to an activating group) is 1. The molecule has 0 bridgehead atoms. The number of rotatable bonds is 4. The van der Waals surface area contributed by atoms with Gasteiger partial charge in [0.1, 0.15) is 21.8 Å². The molecule has 0 radical (unpaired) electrons. The van der Waals surface area contributed by atoms with Crippen LogP contribution in [-0.2, 0) is 11.3 Å². The van der Waals surface area contributed by atoms with Crippen LogP contribution in [0.3, 0.4) is 0 Å². The summed E-state index contributed by atoms with van der Waals surface area (Å²) in [6, 6.07) is 2.09. The van der Waals surface area contributed by atoms with Crippen molar-refractivity contribution in [2.75, 3.05) is 25.0 Å². The van der Waals surface area contributed by atoms with Crippen molar-refractivity contribution in [2.24, 2.45) is 5.92 Å². The molecular weight excluding hydrogens is 404 g/mol. The Balaban J connectivity index is 2.29. The van der Waals surface area contributed by atoms with Gasteiger partial charge in [-0.15, -0.1) is 0 Å². The van der Waals surface area contributed by atoms with Crippen LogP contribution < -0.4 is 10.5 Å². The van der Waals surface area contributed by atoms with Gasteiger partial charge in [0.2, 0.25) is 0 Å². The summed E-state index contributed by atoms with van der Waals surface area (Å²) in [4.78, 5) is 29.9. The highest BCUT2D eigenvalue weighted by molar-refractivity contribution is 8.26. The topological polar surface area (TPSA) is 69.3 Å². The lowest BCUT2D eigenvalue weighted by Gasteiger charge is -2.36. The molecule has 0 aromatic carbocycles. The maximum atomic E-state index is 13.1. The monoisotopic (exact) mass is 430 g/mol. The van der Waals surface area contributed by atoms with E-state index in [0.29, 0.717) is 27.3 Å². The zero-order chi connectivity index (χ0) is 21.3. The first kappa shape index (κ1) is 21.6. The van der Waals surface area contributed by atoms with Gasteiger partial charge >= 0.3 is 0 Å². The molecule has 0 N–H and O–H groups in total. The van der Waals surface area contributed by atoms with Gasteiger partial charge < -0.3 is 4.90 Å². The second-order valence-corrected chi connectivity index (χ2v) is 9.42. The molecule has 3 rings (SSSR count). The molecule has 0 saturated carbocycles. The van der Waals surface area contributed by atoms with Crippen LogP contribution in [0.15, 0.2) is 9.70 Å². The molecule has 3 heterocycles. The Labute approximate surface area is 181 Å². The first-order chi connectivity index (χ1) is 13.8. The van der Waals surface area contributed by atoms with E-state index in [9.17, 15) is 14.9 Å². The molecule has 1 aromatic rings. The van der Waals surface area contributed by atoms with Gasteiger partial charge in [-0.3, -0.25) is 19.1 Å². The first-order valence-electron chi connectivity index (χ1n) is 9.94. The second kappa shape index (κ2) is 8.72. The van der Waals surface area contributed by atoms with Crippen LogP contribution in [0.5, 0.6) is 0 Å². The number of hydrogen-bond donors (Lipinski definition) is 0. The molecule has 0 aliphatic carbocycles. The molecule has 2 fully saturated rings. The Morgan fingerprint density at radius 1 is 1.38 bits per heavy atom. The Morgan fingerprint density at radius 2 is 2.10 bits per heavy atom. The van der Waals surface area contributed by atoms with Crippen molar-refractivity contribution >= 4 is 46.1 Å². The van der Waals surface area contributed by atoms with Gasteiger partial charge in [-0.1, -0.05) is 37.8 Å². The molecule has 2 aliphatic rings. The molecule has 29 heavy (non-hydrogen) atoms. The standard InChI is InChI=1S/C21H26N4O2S2/c1-5-8-25-18(24-9-6-7-13(2)12-24)15(14(3)16(11-22)19(25)26)10-17-20(27)23(4)21(28)29-17/h10,13H,5-9,12H2,1-4H3. The molecule has 1 unspecified atom stereocenters. The van der Waals surface area contributed by atoms with E-state index in [1.54, 1.807) is 18.5 Å². The smallest absolute Gasteiger partial charge is 0.270 e. The third-order valence-corrected chi connectivity index (χ3v) is 7.00. The van der Waals surface area contributed by atoms with E-state index in [0.717, 1.165) is 43.7 Å².